The average Bonchev–Trinajstić information content (AvgIpc) is 3.09. The van der Waals surface area contributed by atoms with Crippen molar-refractivity contribution in [2.45, 2.75) is 25.8 Å². The minimum atomic E-state index is -0.0583. The minimum Gasteiger partial charge on any atom is -0.445 e. The second-order valence-corrected chi connectivity index (χ2v) is 6.41. The summed E-state index contributed by atoms with van der Waals surface area (Å²) in [5.74, 6) is 1.98. The van der Waals surface area contributed by atoms with Gasteiger partial charge in [0, 0.05) is 25.6 Å². The molecule has 0 aliphatic carbocycles. The Labute approximate surface area is 151 Å². The van der Waals surface area contributed by atoms with Gasteiger partial charge in [-0.2, -0.15) is 0 Å². The van der Waals surface area contributed by atoms with Crippen molar-refractivity contribution in [3.8, 4) is 0 Å². The molecule has 6 heteroatoms. The van der Waals surface area contributed by atoms with Gasteiger partial charge in [-0.25, -0.2) is 9.97 Å². The molecule has 2 N–H and O–H groups in total. The Kier molecular flexibility index (Phi) is 4.39. The first-order valence-electron chi connectivity index (χ1n) is 8.71. The van der Waals surface area contributed by atoms with E-state index in [-0.39, 0.29) is 5.91 Å². The Morgan fingerprint density at radius 1 is 1.15 bits per heavy atom. The number of oxazole rings is 1. The third kappa shape index (κ3) is 3.44. The standard InChI is InChI=1S/C20H20N4O2/c21-18-8-7-15(12-22-18)20(25)24-11-10-17-16(13-24)23-19(26-17)9-6-14-4-2-1-3-5-14/h1-5,7-8,12H,6,9-11,13H2,(H2,21,22). The molecule has 4 rings (SSSR count). The average molecular weight is 348 g/mol. The Balaban J connectivity index is 1.43. The zero-order chi connectivity index (χ0) is 17.9. The van der Waals surface area contributed by atoms with E-state index in [4.69, 9.17) is 10.2 Å². The maximum Gasteiger partial charge on any atom is 0.255 e. The summed E-state index contributed by atoms with van der Waals surface area (Å²) in [7, 11) is 0. The van der Waals surface area contributed by atoms with Gasteiger partial charge in [0.15, 0.2) is 5.89 Å². The second kappa shape index (κ2) is 7.00. The summed E-state index contributed by atoms with van der Waals surface area (Å²) in [6.07, 6.45) is 3.84. The van der Waals surface area contributed by atoms with Crippen LogP contribution < -0.4 is 5.73 Å². The van der Waals surface area contributed by atoms with E-state index in [2.05, 4.69) is 22.1 Å². The monoisotopic (exact) mass is 348 g/mol. The number of pyridine rings is 1. The van der Waals surface area contributed by atoms with E-state index in [1.807, 2.05) is 18.2 Å². The molecule has 0 radical (unpaired) electrons. The second-order valence-electron chi connectivity index (χ2n) is 6.41. The molecule has 132 valence electrons. The summed E-state index contributed by atoms with van der Waals surface area (Å²) in [5.41, 5.74) is 8.24. The summed E-state index contributed by atoms with van der Waals surface area (Å²) < 4.78 is 5.90. The molecule has 0 bridgehead atoms. The number of hydrogen-bond donors (Lipinski definition) is 1. The van der Waals surface area contributed by atoms with Crippen LogP contribution in [0.5, 0.6) is 0 Å². The molecule has 0 spiro atoms. The molecule has 0 fully saturated rings. The van der Waals surface area contributed by atoms with Gasteiger partial charge in [0.25, 0.3) is 5.91 Å². The zero-order valence-electron chi connectivity index (χ0n) is 14.4. The predicted molar refractivity (Wildman–Crippen MR) is 97.4 cm³/mol. The van der Waals surface area contributed by atoms with Crippen molar-refractivity contribution < 1.29 is 9.21 Å². The molecule has 0 saturated heterocycles. The SMILES string of the molecule is Nc1ccc(C(=O)N2CCc3oc(CCc4ccccc4)nc3C2)cn1. The van der Waals surface area contributed by atoms with Crippen LogP contribution in [0.15, 0.2) is 53.1 Å². The molecule has 1 aliphatic rings. The number of carbonyl (C=O) groups is 1. The fraction of sp³-hybridized carbons (Fsp3) is 0.250. The summed E-state index contributed by atoms with van der Waals surface area (Å²) in [6, 6.07) is 13.6. The molecular weight excluding hydrogens is 328 g/mol. The Bertz CT molecular complexity index is 903. The van der Waals surface area contributed by atoms with Crippen LogP contribution in [0.3, 0.4) is 0 Å². The highest BCUT2D eigenvalue weighted by Gasteiger charge is 2.26. The lowest BCUT2D eigenvalue weighted by atomic mass is 10.1. The summed E-state index contributed by atoms with van der Waals surface area (Å²) in [6.45, 7) is 1.08. The number of fused-ring (bicyclic) bond motifs is 1. The summed E-state index contributed by atoms with van der Waals surface area (Å²) >= 11 is 0. The number of nitrogen functional groups attached to an aromatic ring is 1. The fourth-order valence-electron chi connectivity index (χ4n) is 3.14. The molecule has 1 amide bonds. The predicted octanol–water partition coefficient (Wildman–Crippen LogP) is 2.64. The van der Waals surface area contributed by atoms with Gasteiger partial charge in [0.2, 0.25) is 0 Å². The quantitative estimate of drug-likeness (QED) is 0.783. The molecule has 6 nitrogen and oxygen atoms in total. The van der Waals surface area contributed by atoms with Gasteiger partial charge in [-0.3, -0.25) is 4.79 Å². The van der Waals surface area contributed by atoms with Crippen LogP contribution in [0, 0.1) is 0 Å². The van der Waals surface area contributed by atoms with Crippen molar-refractivity contribution in [3.05, 3.63) is 77.1 Å². The first-order chi connectivity index (χ1) is 12.7. The normalized spacial score (nSPS) is 13.5. The Hall–Kier alpha value is -3.15. The van der Waals surface area contributed by atoms with E-state index in [1.165, 1.54) is 11.8 Å². The molecule has 1 aliphatic heterocycles. The van der Waals surface area contributed by atoms with E-state index in [0.717, 1.165) is 30.2 Å². The van der Waals surface area contributed by atoms with E-state index in [0.29, 0.717) is 30.9 Å². The van der Waals surface area contributed by atoms with Crippen LogP contribution in [0.4, 0.5) is 5.82 Å². The molecule has 0 saturated carbocycles. The first-order valence-corrected chi connectivity index (χ1v) is 8.71. The Morgan fingerprint density at radius 2 is 2.00 bits per heavy atom. The number of hydrogen-bond acceptors (Lipinski definition) is 5. The van der Waals surface area contributed by atoms with Crippen molar-refractivity contribution in [1.29, 1.82) is 0 Å². The van der Waals surface area contributed by atoms with Crippen molar-refractivity contribution >= 4 is 11.7 Å². The molecule has 0 unspecified atom stereocenters. The van der Waals surface area contributed by atoms with E-state index in [9.17, 15) is 4.79 Å². The minimum absolute atomic E-state index is 0.0583. The number of carbonyl (C=O) groups excluding carboxylic acids is 1. The van der Waals surface area contributed by atoms with E-state index < -0.39 is 0 Å². The van der Waals surface area contributed by atoms with Crippen molar-refractivity contribution in [2.75, 3.05) is 12.3 Å². The number of amides is 1. The maximum atomic E-state index is 12.6. The maximum absolute atomic E-state index is 12.6. The molecule has 26 heavy (non-hydrogen) atoms. The van der Waals surface area contributed by atoms with Crippen LogP contribution >= 0.6 is 0 Å². The summed E-state index contributed by atoms with van der Waals surface area (Å²) in [4.78, 5) is 23.0. The van der Waals surface area contributed by atoms with Crippen LogP contribution in [-0.2, 0) is 25.8 Å². The summed E-state index contributed by atoms with van der Waals surface area (Å²) in [5, 5.41) is 0. The molecule has 1 aromatic carbocycles. The van der Waals surface area contributed by atoms with Crippen molar-refractivity contribution in [1.82, 2.24) is 14.9 Å². The van der Waals surface area contributed by atoms with Crippen LogP contribution in [0.2, 0.25) is 0 Å². The van der Waals surface area contributed by atoms with E-state index in [1.54, 1.807) is 17.0 Å². The molecule has 3 aromatic rings. The number of benzene rings is 1. The number of rotatable bonds is 4. The van der Waals surface area contributed by atoms with Gasteiger partial charge in [-0.1, -0.05) is 30.3 Å². The lowest BCUT2D eigenvalue weighted by Crippen LogP contribution is -2.35. The highest BCUT2D eigenvalue weighted by atomic mass is 16.4. The first kappa shape index (κ1) is 16.3. The number of aromatic nitrogens is 2. The fourth-order valence-corrected chi connectivity index (χ4v) is 3.14. The third-order valence-corrected chi connectivity index (χ3v) is 4.56. The van der Waals surface area contributed by atoms with Crippen molar-refractivity contribution in [2.24, 2.45) is 0 Å². The highest BCUT2D eigenvalue weighted by molar-refractivity contribution is 5.94. The highest BCUT2D eigenvalue weighted by Crippen LogP contribution is 2.22. The molecule has 2 aromatic heterocycles. The van der Waals surface area contributed by atoms with Crippen LogP contribution in [0.1, 0.15) is 33.3 Å². The number of nitrogens with two attached hydrogens (primary N) is 1. The molecule has 3 heterocycles. The smallest absolute Gasteiger partial charge is 0.255 e. The van der Waals surface area contributed by atoms with Gasteiger partial charge < -0.3 is 15.1 Å². The van der Waals surface area contributed by atoms with Crippen LogP contribution in [0.25, 0.3) is 0 Å². The van der Waals surface area contributed by atoms with E-state index >= 15 is 0 Å². The van der Waals surface area contributed by atoms with Gasteiger partial charge in [-0.15, -0.1) is 0 Å². The van der Waals surface area contributed by atoms with Gasteiger partial charge in [-0.05, 0) is 24.1 Å². The number of anilines is 1. The largest absolute Gasteiger partial charge is 0.445 e. The topological polar surface area (TPSA) is 85.3 Å². The zero-order valence-corrected chi connectivity index (χ0v) is 14.4. The third-order valence-electron chi connectivity index (χ3n) is 4.56. The lowest BCUT2D eigenvalue weighted by Gasteiger charge is -2.25. The number of nitrogens with zero attached hydrogens (tertiary/aromatic N) is 3. The van der Waals surface area contributed by atoms with Crippen molar-refractivity contribution in [3.63, 3.8) is 0 Å². The van der Waals surface area contributed by atoms with Gasteiger partial charge in [0.05, 0.1) is 12.1 Å². The molecular formula is C20H20N4O2. The Morgan fingerprint density at radius 3 is 2.77 bits per heavy atom. The van der Waals surface area contributed by atoms with Gasteiger partial charge in [0.1, 0.15) is 17.3 Å². The number of aryl methyl sites for hydroxylation is 2. The molecule has 0 atom stereocenters. The van der Waals surface area contributed by atoms with Crippen LogP contribution in [-0.4, -0.2) is 27.3 Å². The van der Waals surface area contributed by atoms with Gasteiger partial charge >= 0.3 is 0 Å². The lowest BCUT2D eigenvalue weighted by molar-refractivity contribution is 0.0727.